The number of benzene rings is 1. The Bertz CT molecular complexity index is 425. The minimum Gasteiger partial charge on any atom is -0.487 e. The number of hydrogen-bond acceptors (Lipinski definition) is 3. The highest BCUT2D eigenvalue weighted by molar-refractivity contribution is 9.10. The van der Waals surface area contributed by atoms with E-state index >= 15 is 0 Å². The summed E-state index contributed by atoms with van der Waals surface area (Å²) in [4.78, 5) is 0. The van der Waals surface area contributed by atoms with Crippen molar-refractivity contribution in [3.05, 3.63) is 28.2 Å². The van der Waals surface area contributed by atoms with Gasteiger partial charge in [0.1, 0.15) is 18.0 Å². The van der Waals surface area contributed by atoms with Crippen LogP contribution in [0.3, 0.4) is 0 Å². The van der Waals surface area contributed by atoms with Crippen LogP contribution in [0.15, 0.2) is 22.7 Å². The number of likely N-dealkylation sites (N-methyl/N-ethyl adjacent to an activating group) is 1. The van der Waals surface area contributed by atoms with E-state index in [0.717, 1.165) is 35.4 Å². The molecule has 0 bridgehead atoms. The van der Waals surface area contributed by atoms with E-state index in [-0.39, 0.29) is 12.2 Å². The topological polar surface area (TPSA) is 30.5 Å². The van der Waals surface area contributed by atoms with Gasteiger partial charge in [-0.2, -0.15) is 0 Å². The monoisotopic (exact) mass is 327 g/mol. The van der Waals surface area contributed by atoms with Crippen molar-refractivity contribution in [1.29, 1.82) is 0 Å². The number of aryl methyl sites for hydroxylation is 1. The van der Waals surface area contributed by atoms with Crippen molar-refractivity contribution >= 4 is 15.9 Å². The van der Waals surface area contributed by atoms with Gasteiger partial charge in [0.2, 0.25) is 0 Å². The average molecular weight is 328 g/mol. The molecule has 1 aliphatic rings. The molecule has 3 atom stereocenters. The lowest BCUT2D eigenvalue weighted by atomic mass is 9.85. The Kier molecular flexibility index (Phi) is 5.25. The molecule has 3 unspecified atom stereocenters. The SMILES string of the molecule is CCNC1CC(Oc2cc(Br)ccc2C)C1OCC. The van der Waals surface area contributed by atoms with Crippen LogP contribution in [0.4, 0.5) is 0 Å². The Balaban J connectivity index is 2.00. The second-order valence-electron chi connectivity index (χ2n) is 4.89. The summed E-state index contributed by atoms with van der Waals surface area (Å²) in [6, 6.07) is 6.54. The molecule has 4 heteroatoms. The minimum absolute atomic E-state index is 0.150. The van der Waals surface area contributed by atoms with Gasteiger partial charge in [0, 0.05) is 23.5 Å². The Hall–Kier alpha value is -0.580. The maximum atomic E-state index is 6.11. The van der Waals surface area contributed by atoms with Crippen LogP contribution in [-0.4, -0.2) is 31.4 Å². The molecule has 1 N–H and O–H groups in total. The molecule has 3 nitrogen and oxygen atoms in total. The third-order valence-electron chi connectivity index (χ3n) is 3.50. The number of ether oxygens (including phenoxy) is 2. The zero-order valence-electron chi connectivity index (χ0n) is 11.8. The summed E-state index contributed by atoms with van der Waals surface area (Å²) in [6.07, 6.45) is 1.31. The first kappa shape index (κ1) is 14.8. The van der Waals surface area contributed by atoms with E-state index in [1.807, 2.05) is 19.1 Å². The molecule has 0 aliphatic heterocycles. The van der Waals surface area contributed by atoms with E-state index in [0.29, 0.717) is 6.04 Å². The molecule has 2 rings (SSSR count). The predicted octanol–water partition coefficient (Wildman–Crippen LogP) is 3.29. The summed E-state index contributed by atoms with van der Waals surface area (Å²) < 4.78 is 13.0. The summed E-state index contributed by atoms with van der Waals surface area (Å²) in [5.74, 6) is 0.944. The maximum Gasteiger partial charge on any atom is 0.128 e. The van der Waals surface area contributed by atoms with Crippen molar-refractivity contribution in [2.24, 2.45) is 0 Å². The lowest BCUT2D eigenvalue weighted by Gasteiger charge is -2.44. The Morgan fingerprint density at radius 3 is 2.84 bits per heavy atom. The normalized spacial score (nSPS) is 26.0. The van der Waals surface area contributed by atoms with Gasteiger partial charge < -0.3 is 14.8 Å². The van der Waals surface area contributed by atoms with Crippen molar-refractivity contribution in [1.82, 2.24) is 5.32 Å². The Morgan fingerprint density at radius 2 is 2.16 bits per heavy atom. The highest BCUT2D eigenvalue weighted by Crippen LogP contribution is 2.32. The zero-order valence-corrected chi connectivity index (χ0v) is 13.4. The molecule has 0 aromatic heterocycles. The first-order valence-electron chi connectivity index (χ1n) is 6.93. The van der Waals surface area contributed by atoms with Crippen molar-refractivity contribution in [3.63, 3.8) is 0 Å². The van der Waals surface area contributed by atoms with Crippen LogP contribution in [-0.2, 0) is 4.74 Å². The Morgan fingerprint density at radius 1 is 1.37 bits per heavy atom. The maximum absolute atomic E-state index is 6.11. The summed E-state index contributed by atoms with van der Waals surface area (Å²) in [5, 5.41) is 3.44. The van der Waals surface area contributed by atoms with Crippen LogP contribution in [0.25, 0.3) is 0 Å². The van der Waals surface area contributed by atoms with E-state index in [1.54, 1.807) is 0 Å². The minimum atomic E-state index is 0.150. The summed E-state index contributed by atoms with van der Waals surface area (Å²) in [5.41, 5.74) is 1.16. The van der Waals surface area contributed by atoms with E-state index in [2.05, 4.69) is 41.2 Å². The molecule has 0 saturated heterocycles. The molecule has 1 saturated carbocycles. The van der Waals surface area contributed by atoms with E-state index in [1.165, 1.54) is 0 Å². The third kappa shape index (κ3) is 3.50. The highest BCUT2D eigenvalue weighted by atomic mass is 79.9. The summed E-state index contributed by atoms with van der Waals surface area (Å²) in [7, 11) is 0. The average Bonchev–Trinajstić information content (AvgIpc) is 2.38. The fraction of sp³-hybridized carbons (Fsp3) is 0.600. The van der Waals surface area contributed by atoms with E-state index < -0.39 is 0 Å². The van der Waals surface area contributed by atoms with Crippen molar-refractivity contribution in [3.8, 4) is 5.75 Å². The predicted molar refractivity (Wildman–Crippen MR) is 80.8 cm³/mol. The van der Waals surface area contributed by atoms with Crippen LogP contribution < -0.4 is 10.1 Å². The smallest absolute Gasteiger partial charge is 0.128 e. The molecule has 1 fully saturated rings. The first-order chi connectivity index (χ1) is 9.15. The zero-order chi connectivity index (χ0) is 13.8. The lowest BCUT2D eigenvalue weighted by Crippen LogP contribution is -2.61. The number of rotatable bonds is 6. The molecular formula is C15H22BrNO2. The quantitative estimate of drug-likeness (QED) is 0.869. The molecule has 0 heterocycles. The summed E-state index contributed by atoms with van der Waals surface area (Å²) >= 11 is 3.49. The number of hydrogen-bond donors (Lipinski definition) is 1. The van der Waals surface area contributed by atoms with E-state index in [9.17, 15) is 0 Å². The van der Waals surface area contributed by atoms with Crippen LogP contribution in [0.2, 0.25) is 0 Å². The lowest BCUT2D eigenvalue weighted by molar-refractivity contribution is -0.104. The van der Waals surface area contributed by atoms with Gasteiger partial charge in [0.05, 0.1) is 0 Å². The van der Waals surface area contributed by atoms with Gasteiger partial charge in [-0.05, 0) is 38.1 Å². The van der Waals surface area contributed by atoms with Gasteiger partial charge in [-0.1, -0.05) is 28.9 Å². The molecular weight excluding hydrogens is 306 g/mol. The fourth-order valence-corrected chi connectivity index (χ4v) is 2.78. The van der Waals surface area contributed by atoms with Gasteiger partial charge in [-0.25, -0.2) is 0 Å². The molecule has 0 amide bonds. The molecule has 0 spiro atoms. The highest BCUT2D eigenvalue weighted by Gasteiger charge is 2.43. The molecule has 1 aliphatic carbocycles. The fourth-order valence-electron chi connectivity index (χ4n) is 2.44. The van der Waals surface area contributed by atoms with Crippen molar-refractivity contribution < 1.29 is 9.47 Å². The second-order valence-corrected chi connectivity index (χ2v) is 5.80. The van der Waals surface area contributed by atoms with Crippen molar-refractivity contribution in [2.75, 3.05) is 13.2 Å². The van der Waals surface area contributed by atoms with Crippen LogP contribution in [0.1, 0.15) is 25.8 Å². The Labute approximate surface area is 123 Å². The van der Waals surface area contributed by atoms with Gasteiger partial charge in [-0.15, -0.1) is 0 Å². The first-order valence-corrected chi connectivity index (χ1v) is 7.72. The van der Waals surface area contributed by atoms with Crippen LogP contribution >= 0.6 is 15.9 Å². The van der Waals surface area contributed by atoms with Gasteiger partial charge in [0.15, 0.2) is 0 Å². The molecule has 0 radical (unpaired) electrons. The van der Waals surface area contributed by atoms with Gasteiger partial charge in [-0.3, -0.25) is 0 Å². The van der Waals surface area contributed by atoms with Crippen LogP contribution in [0.5, 0.6) is 5.75 Å². The molecule has 1 aromatic rings. The van der Waals surface area contributed by atoms with Gasteiger partial charge in [0.25, 0.3) is 0 Å². The van der Waals surface area contributed by atoms with Crippen LogP contribution in [0, 0.1) is 6.92 Å². The standard InChI is InChI=1S/C15H22BrNO2/c1-4-17-12-9-14(15(12)18-5-2)19-13-8-11(16)7-6-10(13)3/h6-8,12,14-15,17H,4-5,9H2,1-3H3. The molecule has 1 aromatic carbocycles. The van der Waals surface area contributed by atoms with E-state index in [4.69, 9.17) is 9.47 Å². The van der Waals surface area contributed by atoms with Crippen molar-refractivity contribution in [2.45, 2.75) is 45.4 Å². The number of nitrogens with one attached hydrogen (secondary N) is 1. The summed E-state index contributed by atoms with van der Waals surface area (Å²) in [6.45, 7) is 7.91. The second kappa shape index (κ2) is 6.73. The molecule has 19 heavy (non-hydrogen) atoms. The van der Waals surface area contributed by atoms with Gasteiger partial charge >= 0.3 is 0 Å². The molecule has 106 valence electrons. The third-order valence-corrected chi connectivity index (χ3v) is 4.00. The number of halogens is 1. The largest absolute Gasteiger partial charge is 0.487 e.